The number of benzene rings is 1. The highest BCUT2D eigenvalue weighted by Gasteiger charge is 2.33. The molecule has 0 radical (unpaired) electrons. The van der Waals surface area contributed by atoms with Crippen LogP contribution in [0.1, 0.15) is 19.4 Å². The van der Waals surface area contributed by atoms with E-state index in [0.717, 1.165) is 25.1 Å². The first kappa shape index (κ1) is 12.6. The van der Waals surface area contributed by atoms with E-state index in [-0.39, 0.29) is 12.5 Å². The molecule has 3 nitrogen and oxygen atoms in total. The highest BCUT2D eigenvalue weighted by atomic mass is 16.6. The molecule has 1 heterocycles. The summed E-state index contributed by atoms with van der Waals surface area (Å²) in [5, 5.41) is 0. The van der Waals surface area contributed by atoms with Crippen LogP contribution in [0.2, 0.25) is 0 Å². The molecule has 1 aromatic rings. The standard InChI is InChI=1S/C13H20BNO2/c1-13(2)9-16-14(17-10-13)12-5-3-11(4-6-12)7-8-15/h3-6H,7-10,15H2,1-2H3. The highest BCUT2D eigenvalue weighted by molar-refractivity contribution is 6.61. The van der Waals surface area contributed by atoms with Gasteiger partial charge in [0.1, 0.15) is 0 Å². The number of hydrogen-bond acceptors (Lipinski definition) is 3. The third-order valence-electron chi connectivity index (χ3n) is 2.94. The summed E-state index contributed by atoms with van der Waals surface area (Å²) < 4.78 is 11.5. The lowest BCUT2D eigenvalue weighted by atomic mass is 9.75. The molecule has 0 unspecified atom stereocenters. The first-order valence-corrected chi connectivity index (χ1v) is 6.13. The fourth-order valence-electron chi connectivity index (χ4n) is 1.89. The number of nitrogens with two attached hydrogens (primary N) is 1. The van der Waals surface area contributed by atoms with Gasteiger partial charge < -0.3 is 15.0 Å². The summed E-state index contributed by atoms with van der Waals surface area (Å²) in [4.78, 5) is 0. The SMILES string of the molecule is CC1(C)COB(c2ccc(CCN)cc2)OC1. The third-order valence-corrected chi connectivity index (χ3v) is 2.94. The van der Waals surface area contributed by atoms with Crippen molar-refractivity contribution < 1.29 is 9.31 Å². The largest absolute Gasteiger partial charge is 0.493 e. The zero-order valence-corrected chi connectivity index (χ0v) is 10.6. The molecule has 17 heavy (non-hydrogen) atoms. The van der Waals surface area contributed by atoms with E-state index in [1.165, 1.54) is 5.56 Å². The second kappa shape index (κ2) is 5.21. The average molecular weight is 233 g/mol. The molecule has 1 saturated heterocycles. The maximum Gasteiger partial charge on any atom is 0.493 e. The van der Waals surface area contributed by atoms with Crippen LogP contribution in [0.25, 0.3) is 0 Å². The maximum absolute atomic E-state index is 5.73. The van der Waals surface area contributed by atoms with Gasteiger partial charge in [0, 0.05) is 18.6 Å². The first-order valence-electron chi connectivity index (χ1n) is 6.13. The van der Waals surface area contributed by atoms with Crippen LogP contribution in [-0.4, -0.2) is 26.9 Å². The van der Waals surface area contributed by atoms with E-state index in [1.54, 1.807) is 0 Å². The molecule has 0 saturated carbocycles. The van der Waals surface area contributed by atoms with E-state index < -0.39 is 0 Å². The van der Waals surface area contributed by atoms with E-state index >= 15 is 0 Å². The molecule has 4 heteroatoms. The molecule has 1 aliphatic rings. The predicted molar refractivity (Wildman–Crippen MR) is 70.3 cm³/mol. The van der Waals surface area contributed by atoms with Gasteiger partial charge >= 0.3 is 7.12 Å². The Balaban J connectivity index is 1.99. The van der Waals surface area contributed by atoms with E-state index in [4.69, 9.17) is 15.0 Å². The lowest BCUT2D eigenvalue weighted by Gasteiger charge is -2.33. The van der Waals surface area contributed by atoms with E-state index in [1.807, 2.05) is 0 Å². The Hall–Kier alpha value is -0.835. The Bertz CT molecular complexity index is 354. The summed E-state index contributed by atoms with van der Waals surface area (Å²) >= 11 is 0. The zero-order chi connectivity index (χ0) is 12.3. The Morgan fingerprint density at radius 1 is 1.18 bits per heavy atom. The lowest BCUT2D eigenvalue weighted by molar-refractivity contribution is 0.0343. The number of hydrogen-bond donors (Lipinski definition) is 1. The normalized spacial score (nSPS) is 19.4. The van der Waals surface area contributed by atoms with E-state index in [2.05, 4.69) is 38.1 Å². The molecule has 2 rings (SSSR count). The zero-order valence-electron chi connectivity index (χ0n) is 10.6. The van der Waals surface area contributed by atoms with Crippen molar-refractivity contribution in [3.8, 4) is 0 Å². The van der Waals surface area contributed by atoms with Crippen molar-refractivity contribution in [2.75, 3.05) is 19.8 Å². The van der Waals surface area contributed by atoms with Crippen molar-refractivity contribution in [2.24, 2.45) is 11.1 Å². The summed E-state index contributed by atoms with van der Waals surface area (Å²) in [6.45, 7) is 6.45. The van der Waals surface area contributed by atoms with Crippen molar-refractivity contribution >= 4 is 12.6 Å². The molecular formula is C13H20BNO2. The quantitative estimate of drug-likeness (QED) is 0.790. The van der Waals surface area contributed by atoms with Gasteiger partial charge in [0.05, 0.1) is 0 Å². The fraction of sp³-hybridized carbons (Fsp3) is 0.538. The molecule has 0 aromatic heterocycles. The van der Waals surface area contributed by atoms with Crippen molar-refractivity contribution in [2.45, 2.75) is 20.3 Å². The van der Waals surface area contributed by atoms with Gasteiger partial charge in [0.15, 0.2) is 0 Å². The minimum absolute atomic E-state index is 0.121. The Morgan fingerprint density at radius 3 is 2.29 bits per heavy atom. The topological polar surface area (TPSA) is 44.5 Å². The van der Waals surface area contributed by atoms with Gasteiger partial charge in [-0.3, -0.25) is 0 Å². The van der Waals surface area contributed by atoms with Gasteiger partial charge in [-0.2, -0.15) is 0 Å². The van der Waals surface area contributed by atoms with Crippen molar-refractivity contribution in [3.63, 3.8) is 0 Å². The molecule has 0 atom stereocenters. The van der Waals surface area contributed by atoms with Crippen LogP contribution in [-0.2, 0) is 15.7 Å². The summed E-state index contributed by atoms with van der Waals surface area (Å²) in [7, 11) is -0.213. The summed E-state index contributed by atoms with van der Waals surface area (Å²) in [5.41, 5.74) is 7.98. The molecule has 92 valence electrons. The predicted octanol–water partition coefficient (Wildman–Crippen LogP) is 0.956. The Kier molecular flexibility index (Phi) is 3.87. The molecule has 1 fully saturated rings. The van der Waals surface area contributed by atoms with Gasteiger partial charge in [0.25, 0.3) is 0 Å². The molecule has 0 aliphatic carbocycles. The molecule has 0 bridgehead atoms. The average Bonchev–Trinajstić information content (AvgIpc) is 2.31. The van der Waals surface area contributed by atoms with E-state index in [9.17, 15) is 0 Å². The first-order chi connectivity index (χ1) is 8.11. The van der Waals surface area contributed by atoms with Crippen LogP contribution in [0.15, 0.2) is 24.3 Å². The molecule has 0 amide bonds. The van der Waals surface area contributed by atoms with Crippen LogP contribution in [0.4, 0.5) is 0 Å². The van der Waals surface area contributed by atoms with E-state index in [0.29, 0.717) is 6.54 Å². The molecule has 1 aromatic carbocycles. The maximum atomic E-state index is 5.73. The van der Waals surface area contributed by atoms with Crippen LogP contribution in [0.5, 0.6) is 0 Å². The van der Waals surface area contributed by atoms with Crippen molar-refractivity contribution in [3.05, 3.63) is 29.8 Å². The molecular weight excluding hydrogens is 213 g/mol. The summed E-state index contributed by atoms with van der Waals surface area (Å²) in [6.07, 6.45) is 0.916. The molecule has 2 N–H and O–H groups in total. The Labute approximate surface area is 103 Å². The highest BCUT2D eigenvalue weighted by Crippen LogP contribution is 2.21. The van der Waals surface area contributed by atoms with Crippen LogP contribution >= 0.6 is 0 Å². The minimum atomic E-state index is -0.213. The monoisotopic (exact) mass is 233 g/mol. The Morgan fingerprint density at radius 2 is 1.76 bits per heavy atom. The third kappa shape index (κ3) is 3.31. The van der Waals surface area contributed by atoms with Crippen molar-refractivity contribution in [1.82, 2.24) is 0 Å². The summed E-state index contributed by atoms with van der Waals surface area (Å²) in [6, 6.07) is 8.31. The smallest absolute Gasteiger partial charge is 0.407 e. The van der Waals surface area contributed by atoms with Crippen LogP contribution < -0.4 is 11.2 Å². The summed E-state index contributed by atoms with van der Waals surface area (Å²) in [5.74, 6) is 0. The van der Waals surface area contributed by atoms with Gasteiger partial charge in [-0.1, -0.05) is 38.1 Å². The van der Waals surface area contributed by atoms with Gasteiger partial charge in [-0.05, 0) is 24.0 Å². The second-order valence-electron chi connectivity index (χ2n) is 5.40. The van der Waals surface area contributed by atoms with Crippen molar-refractivity contribution in [1.29, 1.82) is 0 Å². The van der Waals surface area contributed by atoms with Crippen LogP contribution in [0, 0.1) is 5.41 Å². The lowest BCUT2D eigenvalue weighted by Crippen LogP contribution is -2.47. The van der Waals surface area contributed by atoms with Gasteiger partial charge in [-0.15, -0.1) is 0 Å². The minimum Gasteiger partial charge on any atom is -0.407 e. The molecule has 1 aliphatic heterocycles. The second-order valence-corrected chi connectivity index (χ2v) is 5.40. The van der Waals surface area contributed by atoms with Crippen LogP contribution in [0.3, 0.4) is 0 Å². The van der Waals surface area contributed by atoms with Gasteiger partial charge in [-0.25, -0.2) is 0 Å². The number of rotatable bonds is 3. The molecule has 0 spiro atoms. The van der Waals surface area contributed by atoms with Gasteiger partial charge in [0.2, 0.25) is 0 Å². The fourth-order valence-corrected chi connectivity index (χ4v) is 1.89.